The van der Waals surface area contributed by atoms with E-state index in [1.807, 2.05) is 72.8 Å². The molecule has 0 saturated carbocycles. The largest absolute Gasteiger partial charge is 0.494 e. The zero-order valence-corrected chi connectivity index (χ0v) is 40.4. The summed E-state index contributed by atoms with van der Waals surface area (Å²) in [4.78, 5) is 60.8. The maximum absolute atomic E-state index is 13.4. The Kier molecular flexibility index (Phi) is 24.7. The zero-order chi connectivity index (χ0) is 51.1. The average molecular weight is 962 g/mol. The zero-order valence-electron chi connectivity index (χ0n) is 40.4. The van der Waals surface area contributed by atoms with Crippen LogP contribution in [0.1, 0.15) is 79.0 Å². The van der Waals surface area contributed by atoms with Gasteiger partial charge in [-0.05, 0) is 153 Å². The molecular formula is C59H63NO11. The number of carbonyl (C=O) groups excluding carboxylic acids is 5. The third-order valence-electron chi connectivity index (χ3n) is 10.3. The number of allylic oxidation sites excluding steroid dienone is 7. The Hall–Kier alpha value is -8.25. The fraction of sp³-hybridized carbons (Fsp3) is 0.237. The highest BCUT2D eigenvalue weighted by Gasteiger charge is 2.12. The molecule has 4 rings (SSSR count). The number of unbranched alkanes of at least 4 members (excludes halogenated alkanes) is 6. The van der Waals surface area contributed by atoms with Crippen molar-refractivity contribution in [3.63, 3.8) is 0 Å². The normalized spacial score (nSPS) is 11.3. The molecule has 0 aromatic heterocycles. The molecule has 0 fully saturated rings. The van der Waals surface area contributed by atoms with Gasteiger partial charge in [0.15, 0.2) is 0 Å². The summed E-state index contributed by atoms with van der Waals surface area (Å²) in [5, 5.41) is 2.65. The summed E-state index contributed by atoms with van der Waals surface area (Å²) in [5.74, 6) is -0.407. The van der Waals surface area contributed by atoms with Gasteiger partial charge in [-0.1, -0.05) is 86.5 Å². The van der Waals surface area contributed by atoms with Crippen LogP contribution in [0.5, 0.6) is 11.5 Å². The van der Waals surface area contributed by atoms with Gasteiger partial charge in [0.05, 0.1) is 37.6 Å². The number of hydrogen-bond donors (Lipinski definition) is 1. The molecule has 12 heteroatoms. The summed E-state index contributed by atoms with van der Waals surface area (Å²) >= 11 is 0. The first-order chi connectivity index (χ1) is 34.5. The first-order valence-electron chi connectivity index (χ1n) is 23.5. The van der Waals surface area contributed by atoms with Crippen molar-refractivity contribution < 1.29 is 52.4 Å². The van der Waals surface area contributed by atoms with Gasteiger partial charge in [0, 0.05) is 24.8 Å². The Morgan fingerprint density at radius 1 is 0.521 bits per heavy atom. The smallest absolute Gasteiger partial charge is 0.343 e. The van der Waals surface area contributed by atoms with Crippen molar-refractivity contribution in [1.29, 1.82) is 0 Å². The number of amides is 1. The van der Waals surface area contributed by atoms with Gasteiger partial charge >= 0.3 is 23.9 Å². The average Bonchev–Trinajstić information content (AvgIpc) is 3.38. The van der Waals surface area contributed by atoms with Crippen LogP contribution in [-0.4, -0.2) is 62.8 Å². The number of rotatable bonds is 31. The van der Waals surface area contributed by atoms with E-state index in [1.165, 1.54) is 24.3 Å². The van der Waals surface area contributed by atoms with Gasteiger partial charge in [-0.15, -0.1) is 6.58 Å². The highest BCUT2D eigenvalue weighted by Crippen LogP contribution is 2.25. The molecule has 0 aliphatic carbocycles. The number of ether oxygens (including phenoxy) is 6. The van der Waals surface area contributed by atoms with E-state index >= 15 is 0 Å². The summed E-state index contributed by atoms with van der Waals surface area (Å²) in [5.41, 5.74) is 4.82. The van der Waals surface area contributed by atoms with Gasteiger partial charge in [0.2, 0.25) is 5.91 Å². The molecule has 0 atom stereocenters. The van der Waals surface area contributed by atoms with E-state index in [2.05, 4.69) is 31.6 Å². The fourth-order valence-corrected chi connectivity index (χ4v) is 6.53. The van der Waals surface area contributed by atoms with Gasteiger partial charge in [0.25, 0.3) is 0 Å². The van der Waals surface area contributed by atoms with Crippen molar-refractivity contribution in [2.75, 3.05) is 33.0 Å². The minimum atomic E-state index is -0.622. The van der Waals surface area contributed by atoms with E-state index in [0.717, 1.165) is 97.3 Å². The second-order valence-electron chi connectivity index (χ2n) is 15.9. The molecule has 0 radical (unpaired) electrons. The molecule has 370 valence electrons. The minimum absolute atomic E-state index is 0.122. The molecule has 1 amide bonds. The van der Waals surface area contributed by atoms with Crippen LogP contribution < -0.4 is 14.8 Å². The van der Waals surface area contributed by atoms with Crippen molar-refractivity contribution in [2.24, 2.45) is 0 Å². The van der Waals surface area contributed by atoms with E-state index in [4.69, 9.17) is 28.4 Å². The predicted octanol–water partition coefficient (Wildman–Crippen LogP) is 12.1. The summed E-state index contributed by atoms with van der Waals surface area (Å²) in [6.45, 7) is 18.3. The third-order valence-corrected chi connectivity index (χ3v) is 10.3. The highest BCUT2D eigenvalue weighted by atomic mass is 16.5. The molecule has 71 heavy (non-hydrogen) atoms. The SMILES string of the molecule is C=CCNC(=O)/C=C/C=C(\C=C/C(=C)/C=C(\C)OC(=O)c1ccc(-c2ccc(OCCCCCCOC(=O)C=C)cc2)cc1)OC(=O)c1ccc(-c2ccc(OCCCCCCOC(=O)C=C)cc2)cc1. The van der Waals surface area contributed by atoms with E-state index < -0.39 is 23.9 Å². The maximum Gasteiger partial charge on any atom is 0.343 e. The topological polar surface area (TPSA) is 153 Å². The Balaban J connectivity index is 1.27. The number of benzene rings is 4. The summed E-state index contributed by atoms with van der Waals surface area (Å²) in [6, 6.07) is 29.5. The highest BCUT2D eigenvalue weighted by molar-refractivity contribution is 5.92. The lowest BCUT2D eigenvalue weighted by Crippen LogP contribution is -2.20. The van der Waals surface area contributed by atoms with E-state index in [9.17, 15) is 24.0 Å². The van der Waals surface area contributed by atoms with Crippen LogP contribution >= 0.6 is 0 Å². The van der Waals surface area contributed by atoms with Crippen LogP contribution in [0.4, 0.5) is 0 Å². The van der Waals surface area contributed by atoms with Crippen LogP contribution in [0.3, 0.4) is 0 Å². The van der Waals surface area contributed by atoms with Crippen molar-refractivity contribution in [3.8, 4) is 33.8 Å². The van der Waals surface area contributed by atoms with Crippen molar-refractivity contribution >= 4 is 29.8 Å². The maximum atomic E-state index is 13.4. The second-order valence-corrected chi connectivity index (χ2v) is 15.9. The standard InChI is InChI=1S/C59H63NO11/c1-6-38-60-55(61)19-17-18-54(71-59(65)51-27-23-47(24-28-51)49-31-36-53(37-32-49)67-40-14-10-12-16-42-69-57(63)8-3)33-20-44(4)43-45(5)70-58(64)50-25-21-46(22-26-50)48-29-34-52(35-30-48)66-39-13-9-11-15-41-68-56(62)7-2/h6-8,17-37,43H,1-4,9-16,38-42H2,5H3,(H,60,61)/b19-17+,33-20-,45-43+,54-18+. The monoisotopic (exact) mass is 961 g/mol. The van der Waals surface area contributed by atoms with Gasteiger partial charge in [-0.25, -0.2) is 19.2 Å². The first-order valence-corrected chi connectivity index (χ1v) is 23.5. The lowest BCUT2D eigenvalue weighted by Gasteiger charge is -2.09. The molecule has 0 unspecified atom stereocenters. The molecule has 0 spiro atoms. The predicted molar refractivity (Wildman–Crippen MR) is 277 cm³/mol. The molecule has 4 aromatic rings. The Labute approximate surface area is 417 Å². The molecule has 0 aliphatic rings. The molecular weight excluding hydrogens is 899 g/mol. The van der Waals surface area contributed by atoms with E-state index in [-0.39, 0.29) is 17.4 Å². The van der Waals surface area contributed by atoms with Crippen LogP contribution in [0.15, 0.2) is 195 Å². The van der Waals surface area contributed by atoms with Crippen molar-refractivity contribution in [3.05, 3.63) is 206 Å². The summed E-state index contributed by atoms with van der Waals surface area (Å²) in [7, 11) is 0. The number of esters is 4. The molecule has 0 heterocycles. The van der Waals surface area contributed by atoms with Gasteiger partial charge in [-0.2, -0.15) is 0 Å². The van der Waals surface area contributed by atoms with Gasteiger partial charge in [0.1, 0.15) is 23.0 Å². The molecule has 4 aromatic carbocycles. The molecule has 0 bridgehead atoms. The van der Waals surface area contributed by atoms with Crippen LogP contribution in [-0.2, 0) is 33.3 Å². The van der Waals surface area contributed by atoms with E-state index in [0.29, 0.717) is 49.7 Å². The Morgan fingerprint density at radius 2 is 0.944 bits per heavy atom. The Bertz CT molecular complexity index is 2530. The van der Waals surface area contributed by atoms with Crippen LogP contribution in [0.25, 0.3) is 22.3 Å². The van der Waals surface area contributed by atoms with Crippen LogP contribution in [0, 0.1) is 0 Å². The van der Waals surface area contributed by atoms with Gasteiger partial charge < -0.3 is 33.7 Å². The van der Waals surface area contributed by atoms with Crippen LogP contribution in [0.2, 0.25) is 0 Å². The fourth-order valence-electron chi connectivity index (χ4n) is 6.53. The number of hydrogen-bond acceptors (Lipinski definition) is 11. The van der Waals surface area contributed by atoms with E-state index in [1.54, 1.807) is 49.4 Å². The minimum Gasteiger partial charge on any atom is -0.494 e. The summed E-state index contributed by atoms with van der Waals surface area (Å²) in [6.07, 6.45) is 19.9. The molecule has 12 nitrogen and oxygen atoms in total. The molecule has 0 saturated heterocycles. The second kappa shape index (κ2) is 31.7. The lowest BCUT2D eigenvalue weighted by atomic mass is 10.0. The van der Waals surface area contributed by atoms with Crippen molar-refractivity contribution in [1.82, 2.24) is 5.32 Å². The summed E-state index contributed by atoms with van der Waals surface area (Å²) < 4.78 is 33.1. The number of nitrogens with one attached hydrogen (secondary N) is 1. The lowest BCUT2D eigenvalue weighted by molar-refractivity contribution is -0.138. The first kappa shape index (κ1) is 55.3. The van der Waals surface area contributed by atoms with Crippen molar-refractivity contribution in [2.45, 2.75) is 58.3 Å². The number of carbonyl (C=O) groups is 5. The Morgan fingerprint density at radius 3 is 1.38 bits per heavy atom. The molecule has 0 aliphatic heterocycles. The quantitative estimate of drug-likeness (QED) is 0.00975. The van der Waals surface area contributed by atoms with Gasteiger partial charge in [-0.3, -0.25) is 4.79 Å². The third kappa shape index (κ3) is 21.7. The molecule has 1 N–H and O–H groups in total.